The van der Waals surface area contributed by atoms with Crippen LogP contribution in [-0.4, -0.2) is 27.8 Å². The molecule has 0 saturated heterocycles. The largest absolute Gasteiger partial charge is 0.670 e. The predicted molar refractivity (Wildman–Crippen MR) is 78.5 cm³/mol. The molecule has 1 atom stereocenters. The zero-order valence-electron chi connectivity index (χ0n) is 11.8. The topological polar surface area (TPSA) is 70.0 Å². The van der Waals surface area contributed by atoms with Crippen LogP contribution in [-0.2, 0) is 0 Å². The van der Waals surface area contributed by atoms with Crippen molar-refractivity contribution in [2.75, 3.05) is 0 Å². The average molecular weight is 284 g/mol. The number of fused-ring (bicyclic) bond motifs is 1. The molecule has 0 aliphatic carbocycles. The predicted octanol–water partition coefficient (Wildman–Crippen LogP) is 1.37. The van der Waals surface area contributed by atoms with E-state index in [0.29, 0.717) is 5.46 Å². The normalized spacial score (nSPS) is 21.0. The Labute approximate surface area is 122 Å². The van der Waals surface area contributed by atoms with E-state index in [1.165, 1.54) is 0 Å². The highest BCUT2D eigenvalue weighted by Gasteiger charge is 2.43. The Morgan fingerprint density at radius 3 is 2.33 bits per heavy atom. The molecular formula is C15H15BNO4-. The number of hydrogen-bond acceptors (Lipinski definition) is 4. The van der Waals surface area contributed by atoms with Gasteiger partial charge in [-0.1, -0.05) is 35.9 Å². The first-order chi connectivity index (χ1) is 9.91. The third-order valence-corrected chi connectivity index (χ3v) is 3.71. The number of hydrogen-bond donors (Lipinski definition) is 2. The molecule has 2 N–H and O–H groups in total. The summed E-state index contributed by atoms with van der Waals surface area (Å²) >= 11 is 0. The van der Waals surface area contributed by atoms with E-state index in [9.17, 15) is 15.0 Å². The summed E-state index contributed by atoms with van der Waals surface area (Å²) in [6.45, 7) is 0.766. The van der Waals surface area contributed by atoms with Gasteiger partial charge in [-0.2, -0.15) is 0 Å². The van der Waals surface area contributed by atoms with E-state index >= 15 is 0 Å². The fourth-order valence-electron chi connectivity index (χ4n) is 2.44. The summed E-state index contributed by atoms with van der Waals surface area (Å²) in [4.78, 5) is 12.5. The fraction of sp³-hybridized carbons (Fsp3) is 0.133. The molecule has 1 amide bonds. The van der Waals surface area contributed by atoms with Gasteiger partial charge in [0.25, 0.3) is 0 Å². The lowest BCUT2D eigenvalue weighted by molar-refractivity contribution is -0.0280. The van der Waals surface area contributed by atoms with Gasteiger partial charge < -0.3 is 19.9 Å². The minimum absolute atomic E-state index is 0.224. The number of rotatable bonds is 1. The Balaban J connectivity index is 2.12. The highest BCUT2D eigenvalue weighted by molar-refractivity contribution is 6.80. The molecule has 6 heteroatoms. The van der Waals surface area contributed by atoms with E-state index < -0.39 is 12.6 Å². The van der Waals surface area contributed by atoms with Crippen LogP contribution in [0.5, 0.6) is 5.75 Å². The van der Waals surface area contributed by atoms with Crippen LogP contribution in [0.2, 0.25) is 0 Å². The summed E-state index contributed by atoms with van der Waals surface area (Å²) in [6, 6.07) is 11.8. The molecule has 0 bridgehead atoms. The van der Waals surface area contributed by atoms with E-state index in [1.807, 2.05) is 13.8 Å². The second-order valence-electron chi connectivity index (χ2n) is 5.38. The van der Waals surface area contributed by atoms with Crippen molar-refractivity contribution in [3.8, 4) is 5.75 Å². The van der Waals surface area contributed by atoms with Crippen LogP contribution in [0.3, 0.4) is 0 Å². The summed E-state index contributed by atoms with van der Waals surface area (Å²) in [6.07, 6.45) is 0. The van der Waals surface area contributed by atoms with Crippen LogP contribution in [0.1, 0.15) is 21.5 Å². The fourth-order valence-corrected chi connectivity index (χ4v) is 2.44. The van der Waals surface area contributed by atoms with Crippen molar-refractivity contribution in [3.63, 3.8) is 0 Å². The number of benzene rings is 2. The molecule has 3 rings (SSSR count). The lowest BCUT2D eigenvalue weighted by atomic mass is 9.62. The molecule has 5 nitrogen and oxygen atoms in total. The molecule has 108 valence electrons. The Kier molecular flexibility index (Phi) is 3.00. The lowest BCUT2D eigenvalue weighted by Crippen LogP contribution is -2.69. The first-order valence-electron chi connectivity index (χ1n) is 6.68. The molecule has 0 radical (unpaired) electrons. The van der Waals surface area contributed by atoms with Crippen molar-refractivity contribution in [3.05, 3.63) is 59.2 Å². The summed E-state index contributed by atoms with van der Waals surface area (Å²) < 4.78 is 5.58. The molecule has 1 unspecified atom stereocenters. The highest BCUT2D eigenvalue weighted by Crippen LogP contribution is 2.30. The van der Waals surface area contributed by atoms with Gasteiger partial charge in [-0.15, -0.1) is 5.46 Å². The van der Waals surface area contributed by atoms with Gasteiger partial charge in [-0.3, -0.25) is 4.79 Å². The Morgan fingerprint density at radius 1 is 1.05 bits per heavy atom. The number of carbonyl (C=O) groups is 1. The monoisotopic (exact) mass is 284 g/mol. The third-order valence-electron chi connectivity index (χ3n) is 3.71. The zero-order chi connectivity index (χ0) is 15.2. The number of hydroxylamine groups is 1. The van der Waals surface area contributed by atoms with Crippen LogP contribution in [0, 0.1) is 13.8 Å². The summed E-state index contributed by atoms with van der Waals surface area (Å²) in [5.41, 5.74) is 2.46. The van der Waals surface area contributed by atoms with E-state index in [4.69, 9.17) is 4.65 Å². The average Bonchev–Trinajstić information content (AvgIpc) is 2.45. The lowest BCUT2D eigenvalue weighted by Gasteiger charge is -2.47. The molecule has 1 aliphatic heterocycles. The van der Waals surface area contributed by atoms with E-state index in [0.717, 1.165) is 11.1 Å². The van der Waals surface area contributed by atoms with Crippen molar-refractivity contribution >= 4 is 18.1 Å². The van der Waals surface area contributed by atoms with Gasteiger partial charge >= 0.3 is 6.69 Å². The van der Waals surface area contributed by atoms with Crippen molar-refractivity contribution in [1.29, 1.82) is 0 Å². The van der Waals surface area contributed by atoms with Gasteiger partial charge in [0.1, 0.15) is 0 Å². The number of aryl methyl sites for hydroxylation is 2. The van der Waals surface area contributed by atoms with Crippen molar-refractivity contribution in [2.45, 2.75) is 13.8 Å². The van der Waals surface area contributed by atoms with Gasteiger partial charge in [0.2, 0.25) is 5.91 Å². The molecule has 0 saturated carbocycles. The number of nitrogens with zero attached hydrogens (tertiary/aromatic N) is 1. The molecule has 0 spiro atoms. The smallest absolute Gasteiger partial charge is 0.454 e. The van der Waals surface area contributed by atoms with Crippen LogP contribution in [0.25, 0.3) is 0 Å². The van der Waals surface area contributed by atoms with Crippen LogP contribution < -0.4 is 10.1 Å². The van der Waals surface area contributed by atoms with Gasteiger partial charge in [0, 0.05) is 0 Å². The van der Waals surface area contributed by atoms with Gasteiger partial charge in [0.05, 0.1) is 11.3 Å². The van der Waals surface area contributed by atoms with Crippen molar-refractivity contribution in [2.24, 2.45) is 0 Å². The summed E-state index contributed by atoms with van der Waals surface area (Å²) in [5.74, 6) is -0.410. The van der Waals surface area contributed by atoms with E-state index in [1.54, 1.807) is 42.5 Å². The molecular weight excluding hydrogens is 269 g/mol. The maximum absolute atomic E-state index is 12.2. The highest BCUT2D eigenvalue weighted by atomic mass is 16.6. The molecule has 1 heterocycles. The van der Waals surface area contributed by atoms with Crippen molar-refractivity contribution in [1.82, 2.24) is 4.97 Å². The van der Waals surface area contributed by atoms with Gasteiger partial charge in [0.15, 0.2) is 0 Å². The SMILES string of the molecule is Cc1ccc([B-]2(O)Oc3cc(C)ccc3C(=O)N2O)cc1. The minimum Gasteiger partial charge on any atom is -0.670 e. The third kappa shape index (κ3) is 2.09. The molecule has 0 fully saturated rings. The van der Waals surface area contributed by atoms with Gasteiger partial charge in [-0.25, -0.2) is 0 Å². The van der Waals surface area contributed by atoms with Crippen molar-refractivity contribution < 1.29 is 19.7 Å². The minimum atomic E-state index is -3.00. The summed E-state index contributed by atoms with van der Waals surface area (Å²) in [7, 11) is 0. The van der Waals surface area contributed by atoms with E-state index in [2.05, 4.69) is 0 Å². The first kappa shape index (κ1) is 13.7. The standard InChI is InChI=1S/C15H15BNO4/c1-10-3-6-12(7-4-10)16(19)17(20)15(18)13-8-5-11(2)9-14(13)21-16/h3-9,19-20H,1-2H3/q-1. The number of carbonyl (C=O) groups excluding carboxylic acids is 1. The quantitative estimate of drug-likeness (QED) is 0.613. The molecule has 2 aromatic rings. The Hall–Kier alpha value is -2.31. The van der Waals surface area contributed by atoms with E-state index in [-0.39, 0.29) is 16.3 Å². The van der Waals surface area contributed by atoms with Crippen LogP contribution in [0.4, 0.5) is 0 Å². The molecule has 2 aromatic carbocycles. The maximum Gasteiger partial charge on any atom is 0.454 e. The molecule has 1 aliphatic rings. The maximum atomic E-state index is 12.2. The second-order valence-corrected chi connectivity index (χ2v) is 5.38. The second kappa shape index (κ2) is 4.61. The van der Waals surface area contributed by atoms with Crippen LogP contribution >= 0.6 is 0 Å². The van der Waals surface area contributed by atoms with Crippen LogP contribution in [0.15, 0.2) is 42.5 Å². The number of amides is 1. The summed E-state index contributed by atoms with van der Waals surface area (Å²) in [5, 5.41) is 20.8. The van der Waals surface area contributed by atoms with Gasteiger partial charge in [-0.05, 0) is 31.5 Å². The molecule has 0 aromatic heterocycles. The molecule has 21 heavy (non-hydrogen) atoms. The Bertz CT molecular complexity index is 716. The Morgan fingerprint density at radius 2 is 1.67 bits per heavy atom. The first-order valence-corrected chi connectivity index (χ1v) is 6.68. The zero-order valence-corrected chi connectivity index (χ0v) is 11.8.